The predicted octanol–water partition coefficient (Wildman–Crippen LogP) is 1.83. The minimum atomic E-state index is -0.0432. The zero-order valence-corrected chi connectivity index (χ0v) is 16.4. The van der Waals surface area contributed by atoms with Gasteiger partial charge in [-0.05, 0) is 53.0 Å². The molecule has 7 heteroatoms. The van der Waals surface area contributed by atoms with Gasteiger partial charge in [-0.1, -0.05) is 0 Å². The van der Waals surface area contributed by atoms with E-state index in [0.717, 1.165) is 25.6 Å². The highest BCUT2D eigenvalue weighted by Crippen LogP contribution is 2.27. The third kappa shape index (κ3) is 8.03. The smallest absolute Gasteiger partial charge is 0.234 e. The van der Waals surface area contributed by atoms with E-state index in [4.69, 9.17) is 4.74 Å². The molecule has 2 N–H and O–H groups in total. The van der Waals surface area contributed by atoms with Crippen LogP contribution in [-0.2, 0) is 9.53 Å². The molecule has 0 aromatic rings. The largest absolute Gasteiger partial charge is 0.373 e. The number of nitrogens with one attached hydrogen (secondary N) is 2. The molecule has 2 atom stereocenters. The van der Waals surface area contributed by atoms with Crippen molar-refractivity contribution in [3.05, 3.63) is 0 Å². The number of amides is 1. The van der Waals surface area contributed by atoms with Gasteiger partial charge >= 0.3 is 0 Å². The lowest BCUT2D eigenvalue weighted by Crippen LogP contribution is -2.59. The molecule has 2 fully saturated rings. The molecular weight excluding hydrogens is 337 g/mol. The molecule has 0 radical (unpaired) electrons. The third-order valence-corrected chi connectivity index (χ3v) is 4.41. The van der Waals surface area contributed by atoms with Crippen LogP contribution >= 0.6 is 24.8 Å². The van der Waals surface area contributed by atoms with Gasteiger partial charge in [0.05, 0.1) is 18.8 Å². The molecule has 0 spiro atoms. The van der Waals surface area contributed by atoms with Gasteiger partial charge in [0.1, 0.15) is 0 Å². The average Bonchev–Trinajstić information content (AvgIpc) is 3.19. The van der Waals surface area contributed by atoms with Crippen molar-refractivity contribution in [2.45, 2.75) is 58.3 Å². The van der Waals surface area contributed by atoms with Crippen LogP contribution in [0, 0.1) is 5.92 Å². The molecule has 0 bridgehead atoms. The van der Waals surface area contributed by atoms with E-state index in [1.165, 1.54) is 12.8 Å². The number of halogens is 2. The SMILES string of the molecule is CC1CN(C(C)(C)CNC(=O)CNCC2CC2)CC(C)O1.Cl.Cl. The summed E-state index contributed by atoms with van der Waals surface area (Å²) in [6.45, 7) is 12.5. The fourth-order valence-corrected chi connectivity index (χ4v) is 2.87. The van der Waals surface area contributed by atoms with Crippen LogP contribution in [-0.4, -0.2) is 61.3 Å². The van der Waals surface area contributed by atoms with Crippen molar-refractivity contribution in [1.29, 1.82) is 0 Å². The van der Waals surface area contributed by atoms with Crippen molar-refractivity contribution in [3.8, 4) is 0 Å². The Kier molecular flexibility index (Phi) is 10.0. The highest BCUT2D eigenvalue weighted by Gasteiger charge is 2.33. The van der Waals surface area contributed by atoms with Crippen LogP contribution in [0.2, 0.25) is 0 Å². The second-order valence-electron chi connectivity index (χ2n) is 7.33. The Balaban J connectivity index is 0.00000242. The molecule has 2 rings (SSSR count). The number of hydrogen-bond acceptors (Lipinski definition) is 4. The van der Waals surface area contributed by atoms with E-state index in [1.807, 2.05) is 0 Å². The lowest BCUT2D eigenvalue weighted by molar-refractivity contribution is -0.122. The monoisotopic (exact) mass is 369 g/mol. The third-order valence-electron chi connectivity index (χ3n) is 4.41. The molecule has 23 heavy (non-hydrogen) atoms. The van der Waals surface area contributed by atoms with Crippen molar-refractivity contribution in [2.24, 2.45) is 5.92 Å². The fraction of sp³-hybridized carbons (Fsp3) is 0.938. The summed E-state index contributed by atoms with van der Waals surface area (Å²) < 4.78 is 5.78. The first-order valence-corrected chi connectivity index (χ1v) is 8.25. The highest BCUT2D eigenvalue weighted by molar-refractivity contribution is 5.85. The molecule has 2 unspecified atom stereocenters. The molecule has 0 aromatic carbocycles. The second kappa shape index (κ2) is 10.0. The van der Waals surface area contributed by atoms with Crippen LogP contribution in [0.3, 0.4) is 0 Å². The molecular formula is C16H33Cl2N3O2. The highest BCUT2D eigenvalue weighted by atomic mass is 35.5. The van der Waals surface area contributed by atoms with Crippen LogP contribution in [0.15, 0.2) is 0 Å². The fourth-order valence-electron chi connectivity index (χ4n) is 2.87. The Bertz CT molecular complexity index is 355. The van der Waals surface area contributed by atoms with Crippen LogP contribution < -0.4 is 10.6 Å². The Morgan fingerprint density at radius 2 is 1.74 bits per heavy atom. The molecule has 1 saturated carbocycles. The maximum atomic E-state index is 11.9. The van der Waals surface area contributed by atoms with Crippen molar-refractivity contribution in [2.75, 3.05) is 32.7 Å². The molecule has 5 nitrogen and oxygen atoms in total. The van der Waals surface area contributed by atoms with Crippen molar-refractivity contribution >= 4 is 30.7 Å². The van der Waals surface area contributed by atoms with Gasteiger partial charge in [-0.25, -0.2) is 0 Å². The first kappa shape index (κ1) is 22.9. The number of nitrogens with zero attached hydrogens (tertiary/aromatic N) is 1. The first-order chi connectivity index (χ1) is 9.87. The van der Waals surface area contributed by atoms with Crippen LogP contribution in [0.4, 0.5) is 0 Å². The summed E-state index contributed by atoms with van der Waals surface area (Å²) in [6.07, 6.45) is 3.14. The normalized spacial score (nSPS) is 25.2. The first-order valence-electron chi connectivity index (χ1n) is 8.25. The van der Waals surface area contributed by atoms with E-state index in [-0.39, 0.29) is 48.5 Å². The topological polar surface area (TPSA) is 53.6 Å². The Labute approximate surface area is 153 Å². The van der Waals surface area contributed by atoms with Crippen molar-refractivity contribution < 1.29 is 9.53 Å². The number of rotatable bonds is 7. The minimum absolute atomic E-state index is 0. The predicted molar refractivity (Wildman–Crippen MR) is 98.8 cm³/mol. The van der Waals surface area contributed by atoms with Gasteiger partial charge in [0.15, 0.2) is 0 Å². The molecule has 1 saturated heterocycles. The van der Waals surface area contributed by atoms with Crippen molar-refractivity contribution in [3.63, 3.8) is 0 Å². The summed E-state index contributed by atoms with van der Waals surface area (Å²) in [6, 6.07) is 0. The summed E-state index contributed by atoms with van der Waals surface area (Å²) >= 11 is 0. The van der Waals surface area contributed by atoms with E-state index in [1.54, 1.807) is 0 Å². The Morgan fingerprint density at radius 1 is 1.17 bits per heavy atom. The lowest BCUT2D eigenvalue weighted by atomic mass is 10.00. The zero-order chi connectivity index (χ0) is 15.5. The van der Waals surface area contributed by atoms with E-state index in [2.05, 4.69) is 43.2 Å². The van der Waals surface area contributed by atoms with Crippen LogP contribution in [0.25, 0.3) is 0 Å². The summed E-state index contributed by atoms with van der Waals surface area (Å²) in [4.78, 5) is 14.3. The molecule has 2 aliphatic rings. The maximum Gasteiger partial charge on any atom is 0.234 e. The van der Waals surface area contributed by atoms with Gasteiger partial charge in [0, 0.05) is 25.2 Å². The van der Waals surface area contributed by atoms with Crippen LogP contribution in [0.1, 0.15) is 40.5 Å². The molecule has 138 valence electrons. The van der Waals surface area contributed by atoms with E-state index in [9.17, 15) is 4.79 Å². The number of hydrogen-bond donors (Lipinski definition) is 2. The lowest BCUT2D eigenvalue weighted by Gasteiger charge is -2.45. The standard InChI is InChI=1S/C16H31N3O2.2ClH/c1-12-9-19(10-13(2)21-12)16(3,4)11-18-15(20)8-17-7-14-5-6-14;;/h12-14,17H,5-11H2,1-4H3,(H,18,20);2*1H. The number of morpholine rings is 1. The number of carbonyl (C=O) groups is 1. The second-order valence-corrected chi connectivity index (χ2v) is 7.33. The molecule has 1 aliphatic carbocycles. The van der Waals surface area contributed by atoms with E-state index >= 15 is 0 Å². The number of ether oxygens (including phenoxy) is 1. The van der Waals surface area contributed by atoms with Gasteiger partial charge in [-0.15, -0.1) is 24.8 Å². The number of carbonyl (C=O) groups excluding carboxylic acids is 1. The minimum Gasteiger partial charge on any atom is -0.373 e. The zero-order valence-electron chi connectivity index (χ0n) is 14.8. The molecule has 1 aliphatic heterocycles. The summed E-state index contributed by atoms with van der Waals surface area (Å²) in [7, 11) is 0. The van der Waals surface area contributed by atoms with Gasteiger partial charge in [0.2, 0.25) is 5.91 Å². The Hall–Kier alpha value is -0.0700. The Morgan fingerprint density at radius 3 is 2.26 bits per heavy atom. The molecule has 0 aromatic heterocycles. The maximum absolute atomic E-state index is 11.9. The summed E-state index contributed by atoms with van der Waals surface area (Å²) in [5, 5.41) is 6.29. The van der Waals surface area contributed by atoms with E-state index < -0.39 is 0 Å². The summed E-state index contributed by atoms with van der Waals surface area (Å²) in [5.41, 5.74) is -0.0432. The molecule has 1 amide bonds. The van der Waals surface area contributed by atoms with Crippen LogP contribution in [0.5, 0.6) is 0 Å². The molecule has 1 heterocycles. The van der Waals surface area contributed by atoms with Gasteiger partial charge < -0.3 is 15.4 Å². The van der Waals surface area contributed by atoms with Gasteiger partial charge in [-0.2, -0.15) is 0 Å². The van der Waals surface area contributed by atoms with Crippen molar-refractivity contribution in [1.82, 2.24) is 15.5 Å². The van der Waals surface area contributed by atoms with Gasteiger partial charge in [-0.3, -0.25) is 9.69 Å². The summed E-state index contributed by atoms with van der Waals surface area (Å²) in [5.74, 6) is 0.906. The van der Waals surface area contributed by atoms with E-state index in [0.29, 0.717) is 13.1 Å². The average molecular weight is 370 g/mol. The quantitative estimate of drug-likeness (QED) is 0.718. The van der Waals surface area contributed by atoms with Gasteiger partial charge in [0.25, 0.3) is 0 Å².